The van der Waals surface area contributed by atoms with Crippen LogP contribution in [0.3, 0.4) is 0 Å². The number of ketones is 4. The van der Waals surface area contributed by atoms with Gasteiger partial charge in [0, 0.05) is 0 Å². The Hall–Kier alpha value is -1.56. The van der Waals surface area contributed by atoms with E-state index in [1.807, 2.05) is 0 Å². The summed E-state index contributed by atoms with van der Waals surface area (Å²) in [5.41, 5.74) is -10.4. The van der Waals surface area contributed by atoms with Crippen molar-refractivity contribution in [3.05, 3.63) is 0 Å². The van der Waals surface area contributed by atoms with E-state index in [4.69, 9.17) is 4.74 Å². The van der Waals surface area contributed by atoms with E-state index >= 15 is 0 Å². The first-order valence-corrected chi connectivity index (χ1v) is 6.96. The van der Waals surface area contributed by atoms with Crippen LogP contribution in [0.5, 0.6) is 0 Å². The lowest BCUT2D eigenvalue weighted by molar-refractivity contribution is -0.350. The minimum atomic E-state index is -3.59. The maximum absolute atomic E-state index is 12.1. The molecule has 1 rings (SSSR count). The van der Waals surface area contributed by atoms with Crippen LogP contribution >= 0.6 is 0 Å². The first kappa shape index (κ1) is 20.5. The fourth-order valence-corrected chi connectivity index (χ4v) is 2.88. The second-order valence-electron chi connectivity index (χ2n) is 5.86. The van der Waals surface area contributed by atoms with Crippen LogP contribution in [0.15, 0.2) is 0 Å². The van der Waals surface area contributed by atoms with Crippen molar-refractivity contribution in [3.8, 4) is 0 Å². The molecule has 0 aromatic rings. The highest BCUT2D eigenvalue weighted by Gasteiger charge is 2.79. The van der Waals surface area contributed by atoms with Crippen LogP contribution in [-0.4, -0.2) is 84.0 Å². The van der Waals surface area contributed by atoms with Crippen molar-refractivity contribution in [2.24, 2.45) is 0 Å². The van der Waals surface area contributed by atoms with Gasteiger partial charge in [0.2, 0.25) is 11.2 Å². The van der Waals surface area contributed by atoms with Gasteiger partial charge >= 0.3 is 0 Å². The van der Waals surface area contributed by atoms with E-state index in [0.29, 0.717) is 20.8 Å². The SMILES string of the molecule is CC(=O)[C@]1(O)[C@@](O)(C(C)=O)[C@@H](C(=O)C(C)O)O[C@H](O)[C@@]1(O)C(C)=O. The highest BCUT2D eigenvalue weighted by atomic mass is 16.6. The van der Waals surface area contributed by atoms with E-state index in [-0.39, 0.29) is 0 Å². The average molecular weight is 348 g/mol. The molecule has 24 heavy (non-hydrogen) atoms. The van der Waals surface area contributed by atoms with Crippen molar-refractivity contribution in [1.82, 2.24) is 0 Å². The van der Waals surface area contributed by atoms with Crippen LogP contribution in [0.25, 0.3) is 0 Å². The molecule has 0 bridgehead atoms. The Morgan fingerprint density at radius 3 is 1.62 bits per heavy atom. The minimum Gasteiger partial charge on any atom is -0.386 e. The zero-order chi connectivity index (χ0) is 19.2. The fourth-order valence-electron chi connectivity index (χ4n) is 2.88. The quantitative estimate of drug-likeness (QED) is 0.336. The van der Waals surface area contributed by atoms with Crippen molar-refractivity contribution in [3.63, 3.8) is 0 Å². The number of hydrogen-bond acceptors (Lipinski definition) is 10. The van der Waals surface area contributed by atoms with Crippen LogP contribution < -0.4 is 0 Å². The van der Waals surface area contributed by atoms with Gasteiger partial charge in [0.25, 0.3) is 0 Å². The third-order valence-corrected chi connectivity index (χ3v) is 4.36. The Bertz CT molecular complexity index is 598. The molecule has 1 aliphatic rings. The van der Waals surface area contributed by atoms with Crippen LogP contribution in [-0.2, 0) is 23.9 Å². The molecule has 10 heteroatoms. The number of carbonyl (C=O) groups excluding carboxylic acids is 4. The third-order valence-electron chi connectivity index (χ3n) is 4.36. The second kappa shape index (κ2) is 6.06. The molecule has 0 aromatic carbocycles. The summed E-state index contributed by atoms with van der Waals surface area (Å²) >= 11 is 0. The number of aliphatic hydroxyl groups excluding tert-OH is 2. The van der Waals surface area contributed by atoms with Gasteiger partial charge in [-0.15, -0.1) is 0 Å². The smallest absolute Gasteiger partial charge is 0.213 e. The number of aliphatic hydroxyl groups is 5. The summed E-state index contributed by atoms with van der Waals surface area (Å²) in [5.74, 6) is -5.61. The predicted molar refractivity (Wildman–Crippen MR) is 74.5 cm³/mol. The topological polar surface area (TPSA) is 179 Å². The summed E-state index contributed by atoms with van der Waals surface area (Å²) in [6.07, 6.45) is -6.84. The summed E-state index contributed by atoms with van der Waals surface area (Å²) in [6.45, 7) is 2.96. The molecule has 0 aromatic heterocycles. The highest BCUT2D eigenvalue weighted by Crippen LogP contribution is 2.46. The fraction of sp³-hybridized carbons (Fsp3) is 0.714. The van der Waals surface area contributed by atoms with Crippen molar-refractivity contribution in [2.45, 2.75) is 63.0 Å². The molecular weight excluding hydrogens is 328 g/mol. The van der Waals surface area contributed by atoms with E-state index in [2.05, 4.69) is 0 Å². The van der Waals surface area contributed by atoms with Crippen LogP contribution in [0.4, 0.5) is 0 Å². The molecule has 5 N–H and O–H groups in total. The van der Waals surface area contributed by atoms with Gasteiger partial charge < -0.3 is 30.3 Å². The molecule has 1 unspecified atom stereocenters. The van der Waals surface area contributed by atoms with E-state index in [1.54, 1.807) is 0 Å². The van der Waals surface area contributed by atoms with Gasteiger partial charge in [-0.2, -0.15) is 0 Å². The molecular formula is C14H20O10. The van der Waals surface area contributed by atoms with Gasteiger partial charge in [0.15, 0.2) is 41.1 Å². The average Bonchev–Trinajstić information content (AvgIpc) is 2.46. The van der Waals surface area contributed by atoms with Gasteiger partial charge in [0.05, 0.1) is 0 Å². The summed E-state index contributed by atoms with van der Waals surface area (Å²) in [4.78, 5) is 47.9. The number of carbonyl (C=O) groups is 4. The zero-order valence-electron chi connectivity index (χ0n) is 13.5. The molecule has 10 nitrogen and oxygen atoms in total. The Kier molecular flexibility index (Phi) is 5.17. The molecule has 1 aliphatic heterocycles. The monoisotopic (exact) mass is 348 g/mol. The lowest BCUT2D eigenvalue weighted by atomic mass is 9.60. The maximum Gasteiger partial charge on any atom is 0.213 e. The summed E-state index contributed by atoms with van der Waals surface area (Å²) in [5, 5.41) is 51.2. The van der Waals surface area contributed by atoms with Crippen LogP contribution in [0.1, 0.15) is 27.7 Å². The molecule has 1 fully saturated rings. The molecule has 136 valence electrons. The molecule has 0 radical (unpaired) electrons. The minimum absolute atomic E-state index is 0.643. The van der Waals surface area contributed by atoms with E-state index in [1.165, 1.54) is 0 Å². The maximum atomic E-state index is 12.1. The molecule has 0 aliphatic carbocycles. The Balaban J connectivity index is 3.86. The molecule has 6 atom stereocenters. The molecule has 1 heterocycles. The third kappa shape index (κ3) is 2.26. The van der Waals surface area contributed by atoms with Crippen LogP contribution in [0, 0.1) is 0 Å². The predicted octanol–water partition coefficient (Wildman–Crippen LogP) is -3.39. The van der Waals surface area contributed by atoms with Crippen molar-refractivity contribution in [2.75, 3.05) is 0 Å². The summed E-state index contributed by atoms with van der Waals surface area (Å²) < 4.78 is 4.70. The number of rotatable bonds is 5. The summed E-state index contributed by atoms with van der Waals surface area (Å²) in [7, 11) is 0. The highest BCUT2D eigenvalue weighted by molar-refractivity contribution is 6.08. The zero-order valence-corrected chi connectivity index (χ0v) is 13.5. The van der Waals surface area contributed by atoms with E-state index in [9.17, 15) is 44.7 Å². The Morgan fingerprint density at radius 1 is 0.917 bits per heavy atom. The van der Waals surface area contributed by atoms with Gasteiger partial charge in [-0.1, -0.05) is 0 Å². The molecule has 1 saturated heterocycles. The number of hydrogen-bond donors (Lipinski definition) is 5. The number of ether oxygens (including phenoxy) is 1. The second-order valence-corrected chi connectivity index (χ2v) is 5.86. The first-order chi connectivity index (χ1) is 10.7. The molecule has 0 saturated carbocycles. The normalized spacial score (nSPS) is 40.7. The van der Waals surface area contributed by atoms with Crippen molar-refractivity contribution in [1.29, 1.82) is 0 Å². The van der Waals surface area contributed by atoms with E-state index < -0.39 is 58.4 Å². The number of Topliss-reactive ketones (excluding diaryl/α,β-unsaturated/α-hetero) is 4. The molecule has 0 spiro atoms. The Labute approximate surface area is 136 Å². The van der Waals surface area contributed by atoms with Gasteiger partial charge in [0.1, 0.15) is 6.10 Å². The lowest BCUT2D eigenvalue weighted by Crippen LogP contribution is -2.86. The standard InChI is InChI=1S/C14H20O10/c1-5(15)9(19)10-12(21,6(2)16)14(23,8(4)18)13(22,7(3)17)11(20)24-10/h5,10-11,15,20-23H,1-4H3/t5?,10-,11+,12-,13+,14+/m1/s1. The van der Waals surface area contributed by atoms with E-state index in [0.717, 1.165) is 6.92 Å². The Morgan fingerprint density at radius 2 is 1.33 bits per heavy atom. The van der Waals surface area contributed by atoms with Gasteiger partial charge in [-0.25, -0.2) is 0 Å². The van der Waals surface area contributed by atoms with Gasteiger partial charge in [-0.05, 0) is 27.7 Å². The molecule has 0 amide bonds. The first-order valence-electron chi connectivity index (χ1n) is 6.96. The van der Waals surface area contributed by atoms with Crippen molar-refractivity contribution < 1.29 is 49.4 Å². The van der Waals surface area contributed by atoms with Crippen LogP contribution in [0.2, 0.25) is 0 Å². The van der Waals surface area contributed by atoms with Crippen molar-refractivity contribution >= 4 is 23.1 Å². The summed E-state index contributed by atoms with van der Waals surface area (Å²) in [6, 6.07) is 0. The lowest BCUT2D eigenvalue weighted by Gasteiger charge is -2.56. The largest absolute Gasteiger partial charge is 0.386 e. The van der Waals surface area contributed by atoms with Gasteiger partial charge in [-0.3, -0.25) is 19.2 Å².